The van der Waals surface area contributed by atoms with Gasteiger partial charge in [0.15, 0.2) is 0 Å². The summed E-state index contributed by atoms with van der Waals surface area (Å²) in [5.41, 5.74) is 2.24. The topological polar surface area (TPSA) is 54.5 Å². The van der Waals surface area contributed by atoms with Crippen LogP contribution < -0.4 is 10.1 Å². The second kappa shape index (κ2) is 7.40. The van der Waals surface area contributed by atoms with E-state index in [9.17, 15) is 4.79 Å². The fourth-order valence-electron chi connectivity index (χ4n) is 3.43. The van der Waals surface area contributed by atoms with Crippen LogP contribution in [0.25, 0.3) is 10.9 Å². The molecule has 0 spiro atoms. The molecular weight excluding hydrogens is 314 g/mol. The summed E-state index contributed by atoms with van der Waals surface area (Å²) in [7, 11) is 1.64. The standard InChI is InChI=1S/C20H27N3O2/c1-13(2)23-8-7-15(12-23)11-21-20(24)18-9-16-5-6-17(25-4)10-19(16)22-14(18)3/h5-6,9-10,13,15H,7-8,11-12H2,1-4H3,(H,21,24). The highest BCUT2D eigenvalue weighted by atomic mass is 16.5. The summed E-state index contributed by atoms with van der Waals surface area (Å²) in [6, 6.07) is 8.21. The van der Waals surface area contributed by atoms with E-state index in [1.807, 2.05) is 31.2 Å². The van der Waals surface area contributed by atoms with Crippen LogP contribution in [0.3, 0.4) is 0 Å². The molecule has 1 aliphatic heterocycles. The van der Waals surface area contributed by atoms with Gasteiger partial charge < -0.3 is 15.0 Å². The van der Waals surface area contributed by atoms with Crippen molar-refractivity contribution in [2.45, 2.75) is 33.2 Å². The Hall–Kier alpha value is -2.14. The van der Waals surface area contributed by atoms with Crippen LogP contribution in [0.1, 0.15) is 36.3 Å². The molecule has 1 saturated heterocycles. The lowest BCUT2D eigenvalue weighted by Gasteiger charge is -2.20. The van der Waals surface area contributed by atoms with E-state index in [0.717, 1.165) is 48.4 Å². The largest absolute Gasteiger partial charge is 0.497 e. The molecular formula is C20H27N3O2. The SMILES string of the molecule is COc1ccc2cc(C(=O)NCC3CCN(C(C)C)C3)c(C)nc2c1. The number of amides is 1. The van der Waals surface area contributed by atoms with E-state index >= 15 is 0 Å². The minimum absolute atomic E-state index is 0.0364. The lowest BCUT2D eigenvalue weighted by molar-refractivity contribution is 0.0946. The summed E-state index contributed by atoms with van der Waals surface area (Å²) >= 11 is 0. The molecule has 25 heavy (non-hydrogen) atoms. The zero-order valence-electron chi connectivity index (χ0n) is 15.5. The molecule has 2 heterocycles. The number of benzene rings is 1. The van der Waals surface area contributed by atoms with Crippen LogP contribution in [-0.2, 0) is 0 Å². The molecule has 3 rings (SSSR count). The number of nitrogens with one attached hydrogen (secondary N) is 1. The first-order valence-electron chi connectivity index (χ1n) is 8.95. The summed E-state index contributed by atoms with van der Waals surface area (Å²) in [5.74, 6) is 1.27. The fraction of sp³-hybridized carbons (Fsp3) is 0.500. The number of carbonyl (C=O) groups is 1. The summed E-state index contributed by atoms with van der Waals surface area (Å²) < 4.78 is 5.24. The van der Waals surface area contributed by atoms with Gasteiger partial charge in [-0.3, -0.25) is 9.78 Å². The van der Waals surface area contributed by atoms with Gasteiger partial charge in [0.1, 0.15) is 5.75 Å². The normalized spacial score (nSPS) is 18.0. The highest BCUT2D eigenvalue weighted by Gasteiger charge is 2.24. The van der Waals surface area contributed by atoms with Gasteiger partial charge in [-0.1, -0.05) is 0 Å². The van der Waals surface area contributed by atoms with Gasteiger partial charge in [-0.2, -0.15) is 0 Å². The molecule has 0 aliphatic carbocycles. The van der Waals surface area contributed by atoms with Crippen molar-refractivity contribution in [2.24, 2.45) is 5.92 Å². The maximum Gasteiger partial charge on any atom is 0.253 e. The molecule has 1 amide bonds. The highest BCUT2D eigenvalue weighted by Crippen LogP contribution is 2.22. The van der Waals surface area contributed by atoms with Crippen molar-refractivity contribution in [1.29, 1.82) is 0 Å². The predicted octanol–water partition coefficient (Wildman–Crippen LogP) is 3.01. The maximum atomic E-state index is 12.6. The number of aromatic nitrogens is 1. The third-order valence-electron chi connectivity index (χ3n) is 5.06. The van der Waals surface area contributed by atoms with Crippen molar-refractivity contribution in [3.63, 3.8) is 0 Å². The van der Waals surface area contributed by atoms with E-state index in [1.165, 1.54) is 0 Å². The average molecular weight is 341 g/mol. The lowest BCUT2D eigenvalue weighted by atomic mass is 10.1. The molecule has 1 aromatic carbocycles. The molecule has 1 aliphatic rings. The number of aryl methyl sites for hydroxylation is 1. The third-order valence-corrected chi connectivity index (χ3v) is 5.06. The summed E-state index contributed by atoms with van der Waals surface area (Å²) in [6.07, 6.45) is 1.15. The van der Waals surface area contributed by atoms with Crippen LogP contribution in [0, 0.1) is 12.8 Å². The molecule has 2 aromatic rings. The minimum Gasteiger partial charge on any atom is -0.497 e. The molecule has 5 heteroatoms. The molecule has 0 radical (unpaired) electrons. The number of carbonyl (C=O) groups excluding carboxylic acids is 1. The Morgan fingerprint density at radius 2 is 2.20 bits per heavy atom. The second-order valence-electron chi connectivity index (χ2n) is 7.13. The van der Waals surface area contributed by atoms with Crippen LogP contribution >= 0.6 is 0 Å². The van der Waals surface area contributed by atoms with Gasteiger partial charge in [-0.15, -0.1) is 0 Å². The minimum atomic E-state index is -0.0364. The zero-order valence-corrected chi connectivity index (χ0v) is 15.5. The van der Waals surface area contributed by atoms with Crippen LogP contribution in [0.5, 0.6) is 5.75 Å². The number of pyridine rings is 1. The summed E-state index contributed by atoms with van der Waals surface area (Å²) in [4.78, 5) is 19.7. The molecule has 1 N–H and O–H groups in total. The number of rotatable bonds is 5. The Morgan fingerprint density at radius 3 is 2.88 bits per heavy atom. The Balaban J connectivity index is 1.69. The summed E-state index contributed by atoms with van der Waals surface area (Å²) in [5, 5.41) is 4.05. The average Bonchev–Trinajstić information content (AvgIpc) is 3.08. The van der Waals surface area contributed by atoms with Gasteiger partial charge in [-0.05, 0) is 57.9 Å². The number of ether oxygens (including phenoxy) is 1. The molecule has 1 aromatic heterocycles. The van der Waals surface area contributed by atoms with E-state index in [0.29, 0.717) is 17.5 Å². The number of methoxy groups -OCH3 is 1. The monoisotopic (exact) mass is 341 g/mol. The van der Waals surface area contributed by atoms with Gasteiger partial charge in [0.25, 0.3) is 5.91 Å². The molecule has 1 atom stereocenters. The maximum absolute atomic E-state index is 12.6. The van der Waals surface area contributed by atoms with E-state index in [-0.39, 0.29) is 5.91 Å². The Morgan fingerprint density at radius 1 is 1.40 bits per heavy atom. The van der Waals surface area contributed by atoms with E-state index < -0.39 is 0 Å². The smallest absolute Gasteiger partial charge is 0.253 e. The van der Waals surface area contributed by atoms with Crippen molar-refractivity contribution in [1.82, 2.24) is 15.2 Å². The van der Waals surface area contributed by atoms with Gasteiger partial charge in [0.2, 0.25) is 0 Å². The molecule has 0 bridgehead atoms. The predicted molar refractivity (Wildman–Crippen MR) is 100 cm³/mol. The number of likely N-dealkylation sites (tertiary alicyclic amines) is 1. The number of hydrogen-bond donors (Lipinski definition) is 1. The molecule has 1 fully saturated rings. The first-order valence-corrected chi connectivity index (χ1v) is 8.95. The van der Waals surface area contributed by atoms with E-state index in [2.05, 4.69) is 29.0 Å². The second-order valence-corrected chi connectivity index (χ2v) is 7.13. The fourth-order valence-corrected chi connectivity index (χ4v) is 3.43. The molecule has 134 valence electrons. The first kappa shape index (κ1) is 17.7. The highest BCUT2D eigenvalue weighted by molar-refractivity contribution is 5.98. The van der Waals surface area contributed by atoms with Gasteiger partial charge in [0, 0.05) is 30.6 Å². The number of nitrogens with zero attached hydrogens (tertiary/aromatic N) is 2. The Labute approximate surface area is 149 Å². The van der Waals surface area contributed by atoms with Crippen LogP contribution in [0.15, 0.2) is 24.3 Å². The first-order chi connectivity index (χ1) is 12.0. The Bertz CT molecular complexity index is 773. The number of fused-ring (bicyclic) bond motifs is 1. The molecule has 5 nitrogen and oxygen atoms in total. The third kappa shape index (κ3) is 3.93. The van der Waals surface area contributed by atoms with Crippen LogP contribution in [-0.4, -0.2) is 48.6 Å². The molecule has 0 saturated carbocycles. The van der Waals surface area contributed by atoms with Crippen LogP contribution in [0.2, 0.25) is 0 Å². The van der Waals surface area contributed by atoms with Crippen LogP contribution in [0.4, 0.5) is 0 Å². The van der Waals surface area contributed by atoms with Gasteiger partial charge >= 0.3 is 0 Å². The van der Waals surface area contributed by atoms with E-state index in [4.69, 9.17) is 4.74 Å². The zero-order chi connectivity index (χ0) is 18.0. The van der Waals surface area contributed by atoms with Gasteiger partial charge in [-0.25, -0.2) is 0 Å². The summed E-state index contributed by atoms with van der Waals surface area (Å²) in [6.45, 7) is 9.23. The van der Waals surface area contributed by atoms with E-state index in [1.54, 1.807) is 7.11 Å². The lowest BCUT2D eigenvalue weighted by Crippen LogP contribution is -2.33. The Kier molecular flexibility index (Phi) is 5.23. The number of hydrogen-bond acceptors (Lipinski definition) is 4. The van der Waals surface area contributed by atoms with Crippen molar-refractivity contribution in [3.05, 3.63) is 35.5 Å². The van der Waals surface area contributed by atoms with Crippen molar-refractivity contribution in [3.8, 4) is 5.75 Å². The van der Waals surface area contributed by atoms with Crippen molar-refractivity contribution < 1.29 is 9.53 Å². The van der Waals surface area contributed by atoms with Crippen molar-refractivity contribution >= 4 is 16.8 Å². The van der Waals surface area contributed by atoms with Gasteiger partial charge in [0.05, 0.1) is 23.9 Å². The quantitative estimate of drug-likeness (QED) is 0.908. The van der Waals surface area contributed by atoms with Crippen molar-refractivity contribution in [2.75, 3.05) is 26.7 Å². The molecule has 1 unspecified atom stereocenters.